The fourth-order valence-electron chi connectivity index (χ4n) is 5.47. The molecule has 0 saturated carbocycles. The van der Waals surface area contributed by atoms with Gasteiger partial charge in [0.25, 0.3) is 0 Å². The minimum atomic E-state index is -1.71. The SMILES string of the molecule is C=CC1C(OC2OC(CO)C(O)C(O)C2O)OC=C(C(=O)OC)C1Cc1[nH]c(C(=O)O)cc2c1[nH]c1cc(=O)ccc12. The van der Waals surface area contributed by atoms with Crippen LogP contribution in [-0.4, -0.2) is 98.2 Å². The summed E-state index contributed by atoms with van der Waals surface area (Å²) in [6, 6.07) is 5.81. The number of aliphatic hydroxyl groups is 4. The van der Waals surface area contributed by atoms with Crippen molar-refractivity contribution in [3.8, 4) is 0 Å². The largest absolute Gasteiger partial charge is 0.477 e. The van der Waals surface area contributed by atoms with E-state index in [0.29, 0.717) is 27.5 Å². The zero-order valence-corrected chi connectivity index (χ0v) is 22.3. The molecule has 7 N–H and O–H groups in total. The van der Waals surface area contributed by atoms with Crippen molar-refractivity contribution in [1.82, 2.24) is 9.97 Å². The van der Waals surface area contributed by atoms with Crippen molar-refractivity contribution < 1.29 is 54.1 Å². The van der Waals surface area contributed by atoms with Gasteiger partial charge in [0.2, 0.25) is 6.29 Å². The molecule has 8 atom stereocenters. The first-order chi connectivity index (χ1) is 20.1. The van der Waals surface area contributed by atoms with Gasteiger partial charge in [-0.05, 0) is 24.6 Å². The molecule has 0 spiro atoms. The van der Waals surface area contributed by atoms with Gasteiger partial charge in [-0.15, -0.1) is 6.58 Å². The summed E-state index contributed by atoms with van der Waals surface area (Å²) in [7, 11) is 1.19. The van der Waals surface area contributed by atoms with Crippen molar-refractivity contribution in [1.29, 1.82) is 0 Å². The molecule has 4 heterocycles. The highest BCUT2D eigenvalue weighted by atomic mass is 16.8. The maximum atomic E-state index is 12.8. The first-order valence-electron chi connectivity index (χ1n) is 13.0. The smallest absolute Gasteiger partial charge is 0.352 e. The number of carboxylic acid groups (broad SMARTS) is 1. The lowest BCUT2D eigenvalue weighted by Crippen LogP contribution is -2.60. The number of fused-ring (bicyclic) bond motifs is 3. The molecule has 2 aliphatic heterocycles. The summed E-state index contributed by atoms with van der Waals surface area (Å²) in [5.74, 6) is -3.57. The topological polar surface area (TPSA) is 221 Å². The Morgan fingerprint density at radius 1 is 1.07 bits per heavy atom. The number of H-pyrrole nitrogens is 2. The van der Waals surface area contributed by atoms with Gasteiger partial charge < -0.3 is 54.4 Å². The summed E-state index contributed by atoms with van der Waals surface area (Å²) < 4.78 is 21.9. The molecule has 14 nitrogen and oxygen atoms in total. The lowest BCUT2D eigenvalue weighted by Gasteiger charge is -2.43. The Labute approximate surface area is 237 Å². The number of ether oxygens (including phenoxy) is 4. The summed E-state index contributed by atoms with van der Waals surface area (Å²) in [6.45, 7) is 3.18. The maximum Gasteiger partial charge on any atom is 0.352 e. The molecule has 0 radical (unpaired) electrons. The van der Waals surface area contributed by atoms with E-state index in [0.717, 1.165) is 6.26 Å². The maximum absolute atomic E-state index is 12.8. The second kappa shape index (κ2) is 11.7. The van der Waals surface area contributed by atoms with Crippen LogP contribution >= 0.6 is 0 Å². The van der Waals surface area contributed by atoms with Crippen LogP contribution in [0.5, 0.6) is 0 Å². The predicted octanol–water partition coefficient (Wildman–Crippen LogP) is -0.102. The number of carboxylic acids is 1. The van der Waals surface area contributed by atoms with Crippen LogP contribution in [0.3, 0.4) is 0 Å². The third-order valence-electron chi connectivity index (χ3n) is 7.66. The van der Waals surface area contributed by atoms with Crippen molar-refractivity contribution in [3.63, 3.8) is 0 Å². The first kappa shape index (κ1) is 29.4. The highest BCUT2D eigenvalue weighted by Crippen LogP contribution is 2.38. The average molecular weight is 587 g/mol. The van der Waals surface area contributed by atoms with E-state index in [1.54, 1.807) is 6.07 Å². The fraction of sp³-hybridized carbons (Fsp3) is 0.393. The molecule has 0 bridgehead atoms. The van der Waals surface area contributed by atoms with Crippen LogP contribution in [0, 0.1) is 11.8 Å². The number of esters is 1. The van der Waals surface area contributed by atoms with Crippen molar-refractivity contribution in [2.75, 3.05) is 13.7 Å². The van der Waals surface area contributed by atoms with E-state index in [-0.39, 0.29) is 23.1 Å². The fourth-order valence-corrected chi connectivity index (χ4v) is 5.47. The number of hydrogen-bond acceptors (Lipinski definition) is 11. The van der Waals surface area contributed by atoms with Gasteiger partial charge in [-0.3, -0.25) is 4.79 Å². The van der Waals surface area contributed by atoms with Crippen LogP contribution in [0.2, 0.25) is 0 Å². The van der Waals surface area contributed by atoms with Crippen LogP contribution in [0.15, 0.2) is 53.6 Å². The molecule has 14 heteroatoms. The lowest BCUT2D eigenvalue weighted by atomic mass is 9.80. The molecule has 42 heavy (non-hydrogen) atoms. The summed E-state index contributed by atoms with van der Waals surface area (Å²) in [6.07, 6.45) is -6.43. The molecule has 8 unspecified atom stereocenters. The van der Waals surface area contributed by atoms with Gasteiger partial charge in [-0.25, -0.2) is 9.59 Å². The number of carbonyl (C=O) groups is 2. The average Bonchev–Trinajstić information content (AvgIpc) is 3.34. The predicted molar refractivity (Wildman–Crippen MR) is 144 cm³/mol. The molecule has 1 saturated heterocycles. The highest BCUT2D eigenvalue weighted by Gasteiger charge is 2.47. The number of hydrogen-bond donors (Lipinski definition) is 7. The number of benzene rings is 1. The van der Waals surface area contributed by atoms with Crippen LogP contribution < -0.4 is 5.43 Å². The normalized spacial score (nSPS) is 29.6. The standard InChI is InChI=1S/C28H30N2O12/c1-3-12-14(7-18-21-15(8-19(29-18)25(36)37)13-5-4-11(32)6-17(13)30-21)16(26(38)39-2)10-40-27(12)42-28-24(35)23(34)22(33)20(9-31)41-28/h3-6,8,10,12,14,20,22-24,27-31,33-35H,1,7,9H2,2H3,(H,36,37). The van der Waals surface area contributed by atoms with Gasteiger partial charge in [0.05, 0.1) is 36.6 Å². The van der Waals surface area contributed by atoms with Crippen molar-refractivity contribution in [2.45, 2.75) is 43.4 Å². The Hall–Kier alpha value is -4.05. The molecule has 0 aliphatic carbocycles. The summed E-state index contributed by atoms with van der Waals surface area (Å²) in [5.41, 5.74) is 1.09. The second-order valence-electron chi connectivity index (χ2n) is 10.1. The van der Waals surface area contributed by atoms with E-state index in [1.165, 1.54) is 31.4 Å². The third kappa shape index (κ3) is 5.19. The van der Waals surface area contributed by atoms with Gasteiger partial charge in [0.1, 0.15) is 30.1 Å². The number of aromatic nitrogens is 2. The van der Waals surface area contributed by atoms with Crippen LogP contribution in [0.25, 0.3) is 21.8 Å². The highest BCUT2D eigenvalue weighted by molar-refractivity contribution is 6.09. The molecule has 2 aromatic heterocycles. The number of aliphatic hydroxyl groups excluding tert-OH is 4. The molecule has 0 amide bonds. The second-order valence-corrected chi connectivity index (χ2v) is 10.1. The number of carbonyl (C=O) groups excluding carboxylic acids is 1. The Morgan fingerprint density at radius 3 is 2.50 bits per heavy atom. The van der Waals surface area contributed by atoms with E-state index in [2.05, 4.69) is 16.5 Å². The Morgan fingerprint density at radius 2 is 1.83 bits per heavy atom. The number of aromatic amines is 2. The number of rotatable bonds is 8. The Bertz CT molecular complexity index is 1610. The third-order valence-corrected chi connectivity index (χ3v) is 7.66. The minimum Gasteiger partial charge on any atom is -0.477 e. The van der Waals surface area contributed by atoms with E-state index in [9.17, 15) is 39.9 Å². The Kier molecular flexibility index (Phi) is 8.19. The van der Waals surface area contributed by atoms with Crippen molar-refractivity contribution >= 4 is 33.7 Å². The first-order valence-corrected chi connectivity index (χ1v) is 13.0. The van der Waals surface area contributed by atoms with Gasteiger partial charge in [0.15, 0.2) is 11.7 Å². The van der Waals surface area contributed by atoms with E-state index < -0.39 is 67.4 Å². The van der Waals surface area contributed by atoms with E-state index >= 15 is 0 Å². The summed E-state index contributed by atoms with van der Waals surface area (Å²) >= 11 is 0. The molecule has 5 rings (SSSR count). The number of pyridine rings is 1. The van der Waals surface area contributed by atoms with Crippen LogP contribution in [0.4, 0.5) is 0 Å². The van der Waals surface area contributed by atoms with Gasteiger partial charge in [0, 0.05) is 34.4 Å². The molecule has 1 fully saturated rings. The lowest BCUT2D eigenvalue weighted by molar-refractivity contribution is -0.339. The van der Waals surface area contributed by atoms with E-state index in [4.69, 9.17) is 18.9 Å². The quantitative estimate of drug-likeness (QED) is 0.136. The monoisotopic (exact) mass is 586 g/mol. The molecule has 2 aliphatic rings. The van der Waals surface area contributed by atoms with Crippen molar-refractivity contribution in [3.05, 3.63) is 70.4 Å². The zero-order valence-electron chi connectivity index (χ0n) is 22.3. The van der Waals surface area contributed by atoms with Gasteiger partial charge >= 0.3 is 11.9 Å². The van der Waals surface area contributed by atoms with Crippen LogP contribution in [-0.2, 0) is 30.2 Å². The number of nitrogens with one attached hydrogen (secondary N) is 2. The van der Waals surface area contributed by atoms with Crippen molar-refractivity contribution in [2.24, 2.45) is 11.8 Å². The molecular formula is C28H30N2O12. The van der Waals surface area contributed by atoms with Crippen LogP contribution in [0.1, 0.15) is 16.2 Å². The Balaban J connectivity index is 1.55. The van der Waals surface area contributed by atoms with Gasteiger partial charge in [-0.1, -0.05) is 6.08 Å². The zero-order chi connectivity index (χ0) is 30.3. The van der Waals surface area contributed by atoms with Gasteiger partial charge in [-0.2, -0.15) is 0 Å². The number of methoxy groups -OCH3 is 1. The molecule has 3 aromatic rings. The minimum absolute atomic E-state index is 0.00416. The molecule has 224 valence electrons. The summed E-state index contributed by atoms with van der Waals surface area (Å²) in [4.78, 5) is 42.9. The summed E-state index contributed by atoms with van der Waals surface area (Å²) in [5, 5.41) is 51.3. The number of aromatic carboxylic acids is 1. The molecular weight excluding hydrogens is 556 g/mol. The van der Waals surface area contributed by atoms with E-state index in [1.807, 2.05) is 0 Å². The molecule has 1 aromatic carbocycles.